The molecule has 0 bridgehead atoms. The summed E-state index contributed by atoms with van der Waals surface area (Å²) in [7, 11) is 1.64. The Morgan fingerprint density at radius 3 is 2.66 bits per heavy atom. The zero-order valence-corrected chi connectivity index (χ0v) is 18.5. The molecule has 0 aliphatic carbocycles. The molecule has 0 saturated heterocycles. The van der Waals surface area contributed by atoms with Crippen molar-refractivity contribution in [2.24, 2.45) is 0 Å². The number of carbonyl (C=O) groups excluding carboxylic acids is 1. The summed E-state index contributed by atoms with van der Waals surface area (Å²) in [5.41, 5.74) is 6.17. The number of aromatic nitrogens is 2. The van der Waals surface area contributed by atoms with E-state index in [9.17, 15) is 4.79 Å². The maximum Gasteiger partial charge on any atom is 0.274 e. The van der Waals surface area contributed by atoms with Gasteiger partial charge in [0.25, 0.3) is 5.91 Å². The minimum atomic E-state index is -0.223. The highest BCUT2D eigenvalue weighted by Crippen LogP contribution is 2.28. The molecular formula is C25H21N3O3S. The molecule has 7 heteroatoms. The van der Waals surface area contributed by atoms with Crippen LogP contribution in [0.15, 0.2) is 76.7 Å². The molecule has 1 amide bonds. The first-order valence-corrected chi connectivity index (χ1v) is 11.0. The van der Waals surface area contributed by atoms with Crippen molar-refractivity contribution < 1.29 is 13.9 Å². The minimum Gasteiger partial charge on any atom is -0.497 e. The quantitative estimate of drug-likeness (QED) is 0.351. The van der Waals surface area contributed by atoms with Crippen molar-refractivity contribution in [2.45, 2.75) is 13.5 Å². The topological polar surface area (TPSA) is 69.3 Å². The third-order valence-corrected chi connectivity index (χ3v) is 6.08. The Kier molecular flexibility index (Phi) is 5.25. The Morgan fingerprint density at radius 1 is 1.12 bits per heavy atom. The van der Waals surface area contributed by atoms with Crippen LogP contribution in [-0.2, 0) is 6.54 Å². The van der Waals surface area contributed by atoms with Gasteiger partial charge in [-0.1, -0.05) is 29.8 Å². The van der Waals surface area contributed by atoms with Gasteiger partial charge in [-0.2, -0.15) is 0 Å². The lowest BCUT2D eigenvalue weighted by atomic mass is 10.1. The smallest absolute Gasteiger partial charge is 0.274 e. The van der Waals surface area contributed by atoms with Gasteiger partial charge in [-0.25, -0.2) is 4.98 Å². The molecule has 0 aliphatic rings. The molecule has 1 N–H and O–H groups in total. The number of hydrogen-bond donors (Lipinski definition) is 1. The van der Waals surface area contributed by atoms with Gasteiger partial charge >= 0.3 is 0 Å². The number of ether oxygens (including phenoxy) is 1. The van der Waals surface area contributed by atoms with Crippen LogP contribution < -0.4 is 10.1 Å². The number of rotatable bonds is 6. The fourth-order valence-electron chi connectivity index (χ4n) is 3.60. The molecule has 32 heavy (non-hydrogen) atoms. The highest BCUT2D eigenvalue weighted by Gasteiger charge is 2.19. The van der Waals surface area contributed by atoms with Crippen LogP contribution in [0.4, 0.5) is 5.13 Å². The van der Waals surface area contributed by atoms with Gasteiger partial charge in [-0.05, 0) is 36.8 Å². The summed E-state index contributed by atoms with van der Waals surface area (Å²) >= 11 is 1.39. The van der Waals surface area contributed by atoms with Crippen molar-refractivity contribution in [3.63, 3.8) is 0 Å². The summed E-state index contributed by atoms with van der Waals surface area (Å²) in [6, 6.07) is 19.6. The predicted octanol–water partition coefficient (Wildman–Crippen LogP) is 5.98. The van der Waals surface area contributed by atoms with Crippen LogP contribution in [0.5, 0.6) is 5.75 Å². The molecule has 0 radical (unpaired) electrons. The van der Waals surface area contributed by atoms with Gasteiger partial charge in [-0.15, -0.1) is 11.3 Å². The Hall–Kier alpha value is -3.84. The number of thiazole rings is 1. The van der Waals surface area contributed by atoms with E-state index >= 15 is 0 Å². The molecule has 0 unspecified atom stereocenters. The number of nitrogens with one attached hydrogen (secondary N) is 1. The van der Waals surface area contributed by atoms with Crippen LogP contribution in [-0.4, -0.2) is 22.6 Å². The van der Waals surface area contributed by atoms with E-state index in [1.54, 1.807) is 19.4 Å². The summed E-state index contributed by atoms with van der Waals surface area (Å²) in [5.74, 6) is 0.565. The molecule has 5 rings (SSSR count). The molecular weight excluding hydrogens is 422 g/mol. The van der Waals surface area contributed by atoms with E-state index in [-0.39, 0.29) is 5.91 Å². The normalized spacial score (nSPS) is 11.1. The number of carbonyl (C=O) groups is 1. The maximum absolute atomic E-state index is 13.2. The third kappa shape index (κ3) is 3.90. The maximum atomic E-state index is 13.2. The summed E-state index contributed by atoms with van der Waals surface area (Å²) in [5, 5.41) is 5.41. The molecule has 0 spiro atoms. The fraction of sp³-hybridized carbons (Fsp3) is 0.120. The first-order chi connectivity index (χ1) is 15.6. The Bertz CT molecular complexity index is 1380. The number of benzene rings is 2. The van der Waals surface area contributed by atoms with Crippen LogP contribution in [0, 0.1) is 6.92 Å². The van der Waals surface area contributed by atoms with Gasteiger partial charge in [0.05, 0.1) is 24.6 Å². The summed E-state index contributed by atoms with van der Waals surface area (Å²) in [6.07, 6.45) is 1.64. The molecule has 0 aliphatic heterocycles. The number of aryl methyl sites for hydroxylation is 1. The number of nitrogens with zero attached hydrogens (tertiary/aromatic N) is 2. The second-order valence-electron chi connectivity index (χ2n) is 7.49. The van der Waals surface area contributed by atoms with Crippen molar-refractivity contribution in [1.29, 1.82) is 0 Å². The number of fused-ring (bicyclic) bond motifs is 1. The van der Waals surface area contributed by atoms with E-state index in [0.29, 0.717) is 23.0 Å². The average molecular weight is 444 g/mol. The summed E-state index contributed by atoms with van der Waals surface area (Å²) in [6.45, 7) is 2.63. The minimum absolute atomic E-state index is 0.223. The zero-order chi connectivity index (χ0) is 22.1. The molecule has 0 fully saturated rings. The van der Waals surface area contributed by atoms with E-state index in [2.05, 4.69) is 41.5 Å². The van der Waals surface area contributed by atoms with Crippen LogP contribution in [0.25, 0.3) is 22.4 Å². The molecule has 3 heterocycles. The Balaban J connectivity index is 1.40. The molecule has 2 aromatic carbocycles. The molecule has 160 valence electrons. The van der Waals surface area contributed by atoms with E-state index in [0.717, 1.165) is 28.1 Å². The van der Waals surface area contributed by atoms with E-state index < -0.39 is 0 Å². The number of furan rings is 1. The van der Waals surface area contributed by atoms with Crippen LogP contribution in [0.2, 0.25) is 0 Å². The van der Waals surface area contributed by atoms with E-state index in [1.165, 1.54) is 16.9 Å². The van der Waals surface area contributed by atoms with Gasteiger partial charge in [0.1, 0.15) is 11.4 Å². The highest BCUT2D eigenvalue weighted by molar-refractivity contribution is 7.14. The lowest BCUT2D eigenvalue weighted by Crippen LogP contribution is -2.17. The second-order valence-corrected chi connectivity index (χ2v) is 8.35. The highest BCUT2D eigenvalue weighted by atomic mass is 32.1. The van der Waals surface area contributed by atoms with E-state index in [4.69, 9.17) is 9.15 Å². The fourth-order valence-corrected chi connectivity index (χ4v) is 4.31. The van der Waals surface area contributed by atoms with Gasteiger partial charge in [0.15, 0.2) is 10.7 Å². The molecule has 0 atom stereocenters. The Morgan fingerprint density at radius 2 is 1.91 bits per heavy atom. The van der Waals surface area contributed by atoms with Gasteiger partial charge < -0.3 is 13.7 Å². The Labute approximate surface area is 189 Å². The third-order valence-electron chi connectivity index (χ3n) is 5.33. The van der Waals surface area contributed by atoms with Crippen LogP contribution in [0.3, 0.4) is 0 Å². The number of anilines is 1. The molecule has 5 aromatic rings. The van der Waals surface area contributed by atoms with E-state index in [1.807, 2.05) is 40.3 Å². The standard InChI is InChI=1S/C25H21N3O3S/c1-16-3-5-17(6-4-16)14-28-21-11-12-31-23(21)13-22(28)24(29)27-25-26-20(15-32-25)18-7-9-19(30-2)10-8-18/h3-13,15H,14H2,1-2H3,(H,26,27,29). The molecule has 0 saturated carbocycles. The monoisotopic (exact) mass is 443 g/mol. The van der Waals surface area contributed by atoms with Gasteiger partial charge in [0.2, 0.25) is 0 Å². The number of amides is 1. The number of methoxy groups -OCH3 is 1. The van der Waals surface area contributed by atoms with Gasteiger partial charge in [0, 0.05) is 29.6 Å². The van der Waals surface area contributed by atoms with Crippen LogP contribution >= 0.6 is 11.3 Å². The zero-order valence-electron chi connectivity index (χ0n) is 17.7. The molecule has 3 aromatic heterocycles. The molecule has 6 nitrogen and oxygen atoms in total. The van der Waals surface area contributed by atoms with Crippen molar-refractivity contribution in [3.05, 3.63) is 89.1 Å². The number of hydrogen-bond acceptors (Lipinski definition) is 5. The summed E-state index contributed by atoms with van der Waals surface area (Å²) in [4.78, 5) is 17.7. The average Bonchev–Trinajstić information content (AvgIpc) is 3.53. The first kappa shape index (κ1) is 20.1. The van der Waals surface area contributed by atoms with Crippen molar-refractivity contribution in [1.82, 2.24) is 9.55 Å². The second kappa shape index (κ2) is 8.36. The van der Waals surface area contributed by atoms with Gasteiger partial charge in [-0.3, -0.25) is 10.1 Å². The van der Waals surface area contributed by atoms with Crippen molar-refractivity contribution >= 4 is 33.5 Å². The lowest BCUT2D eigenvalue weighted by Gasteiger charge is -2.10. The van der Waals surface area contributed by atoms with Crippen molar-refractivity contribution in [2.75, 3.05) is 12.4 Å². The SMILES string of the molecule is COc1ccc(-c2csc(NC(=O)c3cc4occc4n3Cc3ccc(C)cc3)n2)cc1. The van der Waals surface area contributed by atoms with Crippen molar-refractivity contribution in [3.8, 4) is 17.0 Å². The summed E-state index contributed by atoms with van der Waals surface area (Å²) < 4.78 is 12.7. The van der Waals surface area contributed by atoms with Crippen LogP contribution in [0.1, 0.15) is 21.6 Å². The lowest BCUT2D eigenvalue weighted by molar-refractivity contribution is 0.101. The first-order valence-electron chi connectivity index (χ1n) is 10.1. The predicted molar refractivity (Wildman–Crippen MR) is 127 cm³/mol. The largest absolute Gasteiger partial charge is 0.497 e.